The highest BCUT2D eigenvalue weighted by molar-refractivity contribution is 8.02. The van der Waals surface area contributed by atoms with Gasteiger partial charge in [0, 0.05) is 11.6 Å². The molecule has 0 aliphatic carbocycles. The van der Waals surface area contributed by atoms with E-state index in [9.17, 15) is 24.5 Å². The zero-order chi connectivity index (χ0) is 25.6. The van der Waals surface area contributed by atoms with Gasteiger partial charge in [0.2, 0.25) is 0 Å². The first kappa shape index (κ1) is 30.2. The summed E-state index contributed by atoms with van der Waals surface area (Å²) in [7, 11) is 1.25. The monoisotopic (exact) mass is 498 g/mol. The van der Waals surface area contributed by atoms with Gasteiger partial charge in [-0.25, -0.2) is 4.79 Å². The molecule has 0 unspecified atom stereocenters. The van der Waals surface area contributed by atoms with Gasteiger partial charge >= 0.3 is 11.9 Å². The number of nitrogens with one attached hydrogen (secondary N) is 1. The smallest absolute Gasteiger partial charge is 0.340 e. The molecule has 0 spiro atoms. The van der Waals surface area contributed by atoms with Crippen molar-refractivity contribution < 1.29 is 29.2 Å². The van der Waals surface area contributed by atoms with Gasteiger partial charge in [-0.1, -0.05) is 33.3 Å². The highest BCUT2D eigenvalue weighted by atomic mass is 32.2. The number of carbonyl (C=O) groups is 3. The number of nitrogens with zero attached hydrogens (tertiary/aromatic N) is 1. The van der Waals surface area contributed by atoms with E-state index in [1.165, 1.54) is 19.2 Å². The number of carbonyl (C=O) groups excluding carboxylic acids is 2. The number of hydrogen-bond acceptors (Lipinski definition) is 8. The minimum Gasteiger partial charge on any atom is -0.481 e. The first-order chi connectivity index (χ1) is 15.7. The molecule has 33 heavy (non-hydrogen) atoms. The molecule has 1 aromatic carbocycles. The van der Waals surface area contributed by atoms with E-state index in [-0.39, 0.29) is 32.5 Å². The van der Waals surface area contributed by atoms with E-state index < -0.39 is 22.8 Å². The average Bonchev–Trinajstić information content (AvgIpc) is 2.82. The molecule has 1 aromatic rings. The van der Waals surface area contributed by atoms with Crippen molar-refractivity contribution in [1.29, 1.82) is 0 Å². The zero-order valence-electron chi connectivity index (χ0n) is 19.6. The van der Waals surface area contributed by atoms with Crippen LogP contribution in [-0.2, 0) is 14.3 Å². The lowest BCUT2D eigenvalue weighted by Crippen LogP contribution is -2.25. The first-order valence-electron chi connectivity index (χ1n) is 10.2. The van der Waals surface area contributed by atoms with Crippen LogP contribution >= 0.6 is 23.5 Å². The van der Waals surface area contributed by atoms with Crippen molar-refractivity contribution in [2.24, 2.45) is 0 Å². The second-order valence-corrected chi connectivity index (χ2v) is 7.87. The Bertz CT molecular complexity index is 927. The van der Waals surface area contributed by atoms with Crippen LogP contribution in [0, 0.1) is 10.1 Å². The van der Waals surface area contributed by atoms with Gasteiger partial charge in [0.25, 0.3) is 11.6 Å². The van der Waals surface area contributed by atoms with Crippen LogP contribution in [0.1, 0.15) is 50.9 Å². The fourth-order valence-electron chi connectivity index (χ4n) is 2.61. The maximum absolute atomic E-state index is 12.8. The summed E-state index contributed by atoms with van der Waals surface area (Å²) >= 11 is 1.93. The fourth-order valence-corrected chi connectivity index (χ4v) is 3.95. The van der Waals surface area contributed by atoms with Crippen LogP contribution in [-0.4, -0.2) is 47.0 Å². The van der Waals surface area contributed by atoms with Gasteiger partial charge in [0.1, 0.15) is 0 Å². The van der Waals surface area contributed by atoms with Crippen molar-refractivity contribution in [3.05, 3.63) is 56.1 Å². The minimum atomic E-state index is -1.11. The number of carboxylic acids is 1. The Morgan fingerprint density at radius 1 is 1.27 bits per heavy atom. The second-order valence-electron chi connectivity index (χ2n) is 6.04. The molecule has 0 fully saturated rings. The van der Waals surface area contributed by atoms with E-state index in [0.29, 0.717) is 12.0 Å². The third kappa shape index (κ3) is 9.30. The predicted octanol–water partition coefficient (Wildman–Crippen LogP) is 5.02. The number of esters is 1. The molecule has 0 atom stereocenters. The highest BCUT2D eigenvalue weighted by Crippen LogP contribution is 2.31. The van der Waals surface area contributed by atoms with E-state index in [0.717, 1.165) is 36.0 Å². The summed E-state index contributed by atoms with van der Waals surface area (Å²) in [4.78, 5) is 46.8. The minimum absolute atomic E-state index is 0.000314. The van der Waals surface area contributed by atoms with Gasteiger partial charge in [-0.3, -0.25) is 19.7 Å². The van der Waals surface area contributed by atoms with Gasteiger partial charge in [-0.2, -0.15) is 0 Å². The molecule has 0 bridgehead atoms. The van der Waals surface area contributed by atoms with Crippen LogP contribution in [0.15, 0.2) is 45.3 Å². The maximum atomic E-state index is 12.8. The molecule has 0 aliphatic heterocycles. The van der Waals surface area contributed by atoms with Crippen molar-refractivity contribution in [2.75, 3.05) is 19.1 Å². The molecule has 1 amide bonds. The lowest BCUT2D eigenvalue weighted by molar-refractivity contribution is -0.387. The number of aliphatic carboxylic acids is 1. The number of hydrogen-bond donors (Lipinski definition) is 2. The maximum Gasteiger partial charge on any atom is 0.340 e. The van der Waals surface area contributed by atoms with Gasteiger partial charge in [-0.05, 0) is 37.3 Å². The number of benzene rings is 1. The molecule has 0 saturated heterocycles. The number of rotatable bonds is 11. The topological polar surface area (TPSA) is 136 Å². The molecule has 1 rings (SSSR count). The fraction of sp³-hybridized carbons (Fsp3) is 0.409. The number of thioether (sulfide) groups is 2. The molecule has 11 heteroatoms. The van der Waals surface area contributed by atoms with Crippen molar-refractivity contribution in [2.45, 2.75) is 45.4 Å². The quantitative estimate of drug-likeness (QED) is 0.108. The zero-order valence-corrected chi connectivity index (χ0v) is 21.2. The Hall–Kier alpha value is -2.79. The van der Waals surface area contributed by atoms with Crippen LogP contribution in [0.4, 0.5) is 5.69 Å². The molecule has 0 radical (unpaired) electrons. The summed E-state index contributed by atoms with van der Waals surface area (Å²) in [5, 5.41) is 23.1. The van der Waals surface area contributed by atoms with E-state index in [2.05, 4.69) is 5.32 Å². The number of methoxy groups -OCH3 is 1. The molecule has 0 aromatic heterocycles. The molecule has 0 saturated carbocycles. The Labute approximate surface area is 202 Å². The van der Waals surface area contributed by atoms with Crippen LogP contribution in [0.25, 0.3) is 0 Å². The second kappa shape index (κ2) is 15.9. The van der Waals surface area contributed by atoms with Gasteiger partial charge < -0.3 is 15.2 Å². The molecule has 182 valence electrons. The van der Waals surface area contributed by atoms with Crippen molar-refractivity contribution in [3.63, 3.8) is 0 Å². The number of nitro groups is 1. The summed E-state index contributed by atoms with van der Waals surface area (Å²) in [6, 6.07) is 3.78. The van der Waals surface area contributed by atoms with Crippen molar-refractivity contribution in [3.8, 4) is 0 Å². The Morgan fingerprint density at radius 3 is 2.36 bits per heavy atom. The number of ether oxygens (including phenoxy) is 1. The summed E-state index contributed by atoms with van der Waals surface area (Å²) in [6.07, 6.45) is 4.84. The highest BCUT2D eigenvalue weighted by Gasteiger charge is 2.23. The molecule has 0 aliphatic rings. The summed E-state index contributed by atoms with van der Waals surface area (Å²) in [5.74, 6) is -2.70. The van der Waals surface area contributed by atoms with Gasteiger partial charge in [-0.15, -0.1) is 23.5 Å². The normalized spacial score (nSPS) is 11.5. The van der Waals surface area contributed by atoms with Gasteiger partial charge in [0.15, 0.2) is 0 Å². The van der Waals surface area contributed by atoms with E-state index in [4.69, 9.17) is 9.84 Å². The lowest BCUT2D eigenvalue weighted by Gasteiger charge is -2.16. The number of carboxylic acid groups (broad SMARTS) is 1. The molecule has 0 heterocycles. The van der Waals surface area contributed by atoms with E-state index in [1.807, 2.05) is 20.8 Å². The van der Waals surface area contributed by atoms with E-state index >= 15 is 0 Å². The van der Waals surface area contributed by atoms with Gasteiger partial charge in [0.05, 0.1) is 33.3 Å². The third-order valence-corrected chi connectivity index (χ3v) is 5.77. The first-order valence-corrected chi connectivity index (χ1v) is 12.4. The summed E-state index contributed by atoms with van der Waals surface area (Å²) < 4.78 is 4.88. The molecule has 9 nitrogen and oxygen atoms in total. The SMILES string of the molecule is C/C=C(CCC)/C(C(=O)OC)=C(/NC(=O)c1ccc(SCC(=O)O)c([N+](=O)[O-])c1)SC.CC. The van der Waals surface area contributed by atoms with Crippen LogP contribution in [0.2, 0.25) is 0 Å². The third-order valence-electron chi connectivity index (χ3n) is 4.01. The Morgan fingerprint density at radius 2 is 1.91 bits per heavy atom. The largest absolute Gasteiger partial charge is 0.481 e. The lowest BCUT2D eigenvalue weighted by atomic mass is 10.0. The number of amides is 1. The average molecular weight is 499 g/mol. The molecular formula is C22H30N2O7S2. The Kier molecular flexibility index (Phi) is 14.6. The standard InChI is InChI=1S/C20H24N2O7S2.C2H6/c1-5-7-12(6-2)17(20(26)29-3)19(30-4)21-18(25)13-8-9-15(31-11-16(23)24)14(10-13)22(27)28;1-2/h6,8-10H,5,7,11H2,1-4H3,(H,21,25)(H,23,24);1-2H3/b12-6+,19-17+;. The molecule has 2 N–H and O–H groups in total. The number of nitro benzene ring substituents is 1. The predicted molar refractivity (Wildman–Crippen MR) is 131 cm³/mol. The van der Waals surface area contributed by atoms with Crippen LogP contribution in [0.3, 0.4) is 0 Å². The van der Waals surface area contributed by atoms with Crippen LogP contribution in [0.5, 0.6) is 0 Å². The summed E-state index contributed by atoms with van der Waals surface area (Å²) in [5.41, 5.74) is 0.572. The van der Waals surface area contributed by atoms with Crippen LogP contribution < -0.4 is 5.32 Å². The number of allylic oxidation sites excluding steroid dienone is 1. The van der Waals surface area contributed by atoms with Crippen molar-refractivity contribution in [1.82, 2.24) is 5.32 Å². The van der Waals surface area contributed by atoms with Crippen molar-refractivity contribution >= 4 is 47.1 Å². The molecular weight excluding hydrogens is 468 g/mol. The Balaban J connectivity index is 0.00000497. The van der Waals surface area contributed by atoms with E-state index in [1.54, 1.807) is 19.3 Å². The summed E-state index contributed by atoms with van der Waals surface area (Å²) in [6.45, 7) is 7.74.